The highest BCUT2D eigenvalue weighted by Crippen LogP contribution is 2.29. The lowest BCUT2D eigenvalue weighted by atomic mass is 9.86. The Balaban J connectivity index is 2.23. The van der Waals surface area contributed by atoms with Gasteiger partial charge in [-0.3, -0.25) is 0 Å². The van der Waals surface area contributed by atoms with Crippen LogP contribution in [0.1, 0.15) is 30.5 Å². The lowest BCUT2D eigenvalue weighted by Crippen LogP contribution is -2.35. The second-order valence-electron chi connectivity index (χ2n) is 5.24. The van der Waals surface area contributed by atoms with E-state index in [0.717, 1.165) is 22.9 Å². The maximum absolute atomic E-state index is 6.51. The molecule has 1 atom stereocenters. The van der Waals surface area contributed by atoms with Gasteiger partial charge in [0.2, 0.25) is 0 Å². The quantitative estimate of drug-likeness (QED) is 0.887. The van der Waals surface area contributed by atoms with Crippen molar-refractivity contribution in [1.29, 1.82) is 0 Å². The molecule has 0 aliphatic rings. The third-order valence-electron chi connectivity index (χ3n) is 3.49. The molecule has 19 heavy (non-hydrogen) atoms. The number of benzene rings is 2. The number of hydrogen-bond donors (Lipinski definition) is 1. The van der Waals surface area contributed by atoms with Gasteiger partial charge in [0.25, 0.3) is 0 Å². The van der Waals surface area contributed by atoms with Crippen molar-refractivity contribution in [2.45, 2.75) is 32.2 Å². The predicted molar refractivity (Wildman–Crippen MR) is 85.2 cm³/mol. The van der Waals surface area contributed by atoms with Gasteiger partial charge in [0.1, 0.15) is 0 Å². The summed E-state index contributed by atoms with van der Waals surface area (Å²) in [5.74, 6) is 0. The molecule has 0 aromatic heterocycles. The molecule has 2 rings (SSSR count). The smallest absolute Gasteiger partial charge is 0.0433 e. The van der Waals surface area contributed by atoms with Crippen LogP contribution in [0, 0.1) is 0 Å². The topological polar surface area (TPSA) is 26.0 Å². The van der Waals surface area contributed by atoms with Crippen LogP contribution >= 0.6 is 15.9 Å². The first kappa shape index (κ1) is 14.3. The van der Waals surface area contributed by atoms with E-state index < -0.39 is 0 Å². The molecule has 0 fully saturated rings. The van der Waals surface area contributed by atoms with Gasteiger partial charge in [-0.25, -0.2) is 0 Å². The normalized spacial score (nSPS) is 14.1. The van der Waals surface area contributed by atoms with Gasteiger partial charge in [0, 0.05) is 10.0 Å². The predicted octanol–water partition coefficient (Wildman–Crippen LogP) is 4.43. The molecule has 0 heterocycles. The van der Waals surface area contributed by atoms with E-state index in [4.69, 9.17) is 5.73 Å². The fourth-order valence-electron chi connectivity index (χ4n) is 2.34. The molecule has 0 saturated carbocycles. The second kappa shape index (κ2) is 5.89. The second-order valence-corrected chi connectivity index (χ2v) is 6.10. The average Bonchev–Trinajstić information content (AvgIpc) is 2.39. The van der Waals surface area contributed by atoms with Crippen molar-refractivity contribution in [3.63, 3.8) is 0 Å². The molecule has 0 amide bonds. The van der Waals surface area contributed by atoms with E-state index in [0.29, 0.717) is 0 Å². The Morgan fingerprint density at radius 3 is 2.16 bits per heavy atom. The van der Waals surface area contributed by atoms with Crippen LogP contribution < -0.4 is 5.73 Å². The van der Waals surface area contributed by atoms with Gasteiger partial charge in [0.05, 0.1) is 0 Å². The molecule has 2 aromatic carbocycles. The summed E-state index contributed by atoms with van der Waals surface area (Å²) in [4.78, 5) is 0. The van der Waals surface area contributed by atoms with Gasteiger partial charge in [-0.1, -0.05) is 65.3 Å². The first-order valence-corrected chi connectivity index (χ1v) is 7.44. The Morgan fingerprint density at radius 1 is 1.00 bits per heavy atom. The Kier molecular flexibility index (Phi) is 4.43. The van der Waals surface area contributed by atoms with Crippen LogP contribution in [0.5, 0.6) is 0 Å². The molecule has 0 saturated heterocycles. The van der Waals surface area contributed by atoms with Crippen LogP contribution in [0.2, 0.25) is 0 Å². The third kappa shape index (κ3) is 3.46. The Hall–Kier alpha value is -1.12. The highest BCUT2D eigenvalue weighted by atomic mass is 79.9. The molecule has 0 radical (unpaired) electrons. The van der Waals surface area contributed by atoms with Gasteiger partial charge >= 0.3 is 0 Å². The van der Waals surface area contributed by atoms with E-state index in [1.54, 1.807) is 0 Å². The van der Waals surface area contributed by atoms with Crippen LogP contribution in [0.3, 0.4) is 0 Å². The van der Waals surface area contributed by atoms with Crippen molar-refractivity contribution in [3.8, 4) is 0 Å². The van der Waals surface area contributed by atoms with Gasteiger partial charge in [-0.15, -0.1) is 0 Å². The summed E-state index contributed by atoms with van der Waals surface area (Å²) in [6, 6.07) is 16.9. The average molecular weight is 318 g/mol. The largest absolute Gasteiger partial charge is 0.321 e. The molecule has 0 aliphatic heterocycles. The van der Waals surface area contributed by atoms with Crippen molar-refractivity contribution in [1.82, 2.24) is 0 Å². The summed E-state index contributed by atoms with van der Waals surface area (Å²) in [7, 11) is 0. The van der Waals surface area contributed by atoms with Crippen molar-refractivity contribution in [2.24, 2.45) is 5.73 Å². The minimum atomic E-state index is -0.367. The third-order valence-corrected chi connectivity index (χ3v) is 4.18. The van der Waals surface area contributed by atoms with Gasteiger partial charge < -0.3 is 5.73 Å². The molecule has 100 valence electrons. The zero-order valence-electron chi connectivity index (χ0n) is 11.5. The molecule has 0 bridgehead atoms. The van der Waals surface area contributed by atoms with Gasteiger partial charge in [-0.05, 0) is 42.5 Å². The fraction of sp³-hybridized carbons (Fsp3) is 0.294. The minimum absolute atomic E-state index is 0.367. The molecule has 0 spiro atoms. The molecule has 1 nitrogen and oxygen atoms in total. The van der Waals surface area contributed by atoms with E-state index in [2.05, 4.69) is 60.1 Å². The first-order valence-electron chi connectivity index (χ1n) is 6.64. The van der Waals surface area contributed by atoms with E-state index >= 15 is 0 Å². The number of halogens is 1. The van der Waals surface area contributed by atoms with Crippen molar-refractivity contribution < 1.29 is 0 Å². The maximum Gasteiger partial charge on any atom is 0.0433 e. The van der Waals surface area contributed by atoms with E-state index in [-0.39, 0.29) is 5.54 Å². The standard InChI is InChI=1S/C17H20BrN/c1-3-13-8-10-14(11-9-13)12-17(2,19)15-6-4-5-7-16(15)18/h4-11H,3,12,19H2,1-2H3. The minimum Gasteiger partial charge on any atom is -0.321 e. The van der Waals surface area contributed by atoms with Crippen molar-refractivity contribution >= 4 is 15.9 Å². The number of aryl methyl sites for hydroxylation is 1. The van der Waals surface area contributed by atoms with E-state index in [9.17, 15) is 0 Å². The number of rotatable bonds is 4. The Labute approximate surface area is 124 Å². The van der Waals surface area contributed by atoms with Crippen molar-refractivity contribution in [3.05, 3.63) is 69.7 Å². The SMILES string of the molecule is CCc1ccc(CC(C)(N)c2ccccc2Br)cc1. The Morgan fingerprint density at radius 2 is 1.58 bits per heavy atom. The summed E-state index contributed by atoms with van der Waals surface area (Å²) in [6.07, 6.45) is 1.91. The summed E-state index contributed by atoms with van der Waals surface area (Å²) < 4.78 is 1.07. The lowest BCUT2D eigenvalue weighted by molar-refractivity contribution is 0.489. The van der Waals surface area contributed by atoms with Crippen LogP contribution in [0.15, 0.2) is 53.0 Å². The highest BCUT2D eigenvalue weighted by molar-refractivity contribution is 9.10. The molecule has 1 unspecified atom stereocenters. The number of hydrogen-bond acceptors (Lipinski definition) is 1. The zero-order chi connectivity index (χ0) is 13.9. The van der Waals surface area contributed by atoms with Gasteiger partial charge in [-0.2, -0.15) is 0 Å². The van der Waals surface area contributed by atoms with Crippen LogP contribution in [-0.2, 0) is 18.4 Å². The maximum atomic E-state index is 6.51. The van der Waals surface area contributed by atoms with Crippen LogP contribution in [0.4, 0.5) is 0 Å². The summed E-state index contributed by atoms with van der Waals surface area (Å²) in [5.41, 5.74) is 9.93. The van der Waals surface area contributed by atoms with E-state index in [1.807, 2.05) is 18.2 Å². The molecule has 2 heteroatoms. The first-order chi connectivity index (χ1) is 9.03. The molecule has 2 N–H and O–H groups in total. The lowest BCUT2D eigenvalue weighted by Gasteiger charge is -2.26. The molecular weight excluding hydrogens is 298 g/mol. The number of nitrogens with two attached hydrogens (primary N) is 1. The monoisotopic (exact) mass is 317 g/mol. The highest BCUT2D eigenvalue weighted by Gasteiger charge is 2.23. The summed E-state index contributed by atoms with van der Waals surface area (Å²) in [5, 5.41) is 0. The molecule has 2 aromatic rings. The van der Waals surface area contributed by atoms with Crippen LogP contribution in [0.25, 0.3) is 0 Å². The Bertz CT molecular complexity index is 543. The summed E-state index contributed by atoms with van der Waals surface area (Å²) in [6.45, 7) is 4.25. The molecular formula is C17H20BrN. The van der Waals surface area contributed by atoms with Crippen LogP contribution in [-0.4, -0.2) is 0 Å². The zero-order valence-corrected chi connectivity index (χ0v) is 13.1. The van der Waals surface area contributed by atoms with Crippen molar-refractivity contribution in [2.75, 3.05) is 0 Å². The summed E-state index contributed by atoms with van der Waals surface area (Å²) >= 11 is 3.59. The fourth-order valence-corrected chi connectivity index (χ4v) is 3.07. The van der Waals surface area contributed by atoms with Gasteiger partial charge in [0.15, 0.2) is 0 Å². The van der Waals surface area contributed by atoms with E-state index in [1.165, 1.54) is 11.1 Å². The molecule has 0 aliphatic carbocycles.